The second kappa shape index (κ2) is 8.76. The number of aromatic nitrogens is 5. The maximum atomic E-state index is 12.2. The molecule has 163 valence electrons. The van der Waals surface area contributed by atoms with Crippen molar-refractivity contribution in [3.8, 4) is 11.3 Å². The summed E-state index contributed by atoms with van der Waals surface area (Å²) in [5.41, 5.74) is 8.85. The van der Waals surface area contributed by atoms with Gasteiger partial charge in [-0.05, 0) is 67.4 Å². The Labute approximate surface area is 190 Å². The fourth-order valence-electron chi connectivity index (χ4n) is 3.77. The van der Waals surface area contributed by atoms with E-state index in [0.29, 0.717) is 17.8 Å². The zero-order chi connectivity index (χ0) is 22.8. The highest BCUT2D eigenvalue weighted by molar-refractivity contribution is 5.95. The molecule has 0 saturated carbocycles. The van der Waals surface area contributed by atoms with E-state index in [0.717, 1.165) is 38.8 Å². The molecule has 0 bridgehead atoms. The molecule has 0 aliphatic carbocycles. The molecule has 0 aliphatic rings. The van der Waals surface area contributed by atoms with E-state index in [1.54, 1.807) is 16.9 Å². The molecule has 8 heteroatoms. The number of nitrogens with one attached hydrogen (secondary N) is 1. The summed E-state index contributed by atoms with van der Waals surface area (Å²) in [4.78, 5) is 26.3. The molecule has 5 aromatic rings. The number of fused-ring (bicyclic) bond motifs is 2. The third kappa shape index (κ3) is 4.16. The van der Waals surface area contributed by atoms with Gasteiger partial charge in [0.05, 0.1) is 24.4 Å². The van der Waals surface area contributed by atoms with Crippen molar-refractivity contribution < 1.29 is 9.63 Å². The number of pyridine rings is 2. The van der Waals surface area contributed by atoms with E-state index in [4.69, 9.17) is 9.82 Å². The van der Waals surface area contributed by atoms with Crippen molar-refractivity contribution in [3.05, 3.63) is 90.5 Å². The Morgan fingerprint density at radius 1 is 1.09 bits per heavy atom. The van der Waals surface area contributed by atoms with E-state index in [1.165, 1.54) is 0 Å². The number of benzene rings is 2. The van der Waals surface area contributed by atoms with Gasteiger partial charge in [-0.3, -0.25) is 14.6 Å². The van der Waals surface area contributed by atoms with Gasteiger partial charge in [-0.2, -0.15) is 0 Å². The molecular weight excluding hydrogens is 416 g/mol. The maximum absolute atomic E-state index is 12.2. The summed E-state index contributed by atoms with van der Waals surface area (Å²) < 4.78 is 1.79. The molecule has 3 heterocycles. The van der Waals surface area contributed by atoms with Gasteiger partial charge in [0.15, 0.2) is 5.65 Å². The van der Waals surface area contributed by atoms with E-state index in [1.807, 2.05) is 55.5 Å². The largest absolute Gasteiger partial charge is 0.275 e. The monoisotopic (exact) mass is 437 g/mol. The van der Waals surface area contributed by atoms with Crippen LogP contribution in [-0.4, -0.2) is 37.5 Å². The van der Waals surface area contributed by atoms with Gasteiger partial charge in [0.25, 0.3) is 5.91 Å². The third-order valence-electron chi connectivity index (χ3n) is 5.39. The molecule has 0 spiro atoms. The Morgan fingerprint density at radius 2 is 1.97 bits per heavy atom. The van der Waals surface area contributed by atoms with Crippen LogP contribution in [-0.2, 0) is 11.4 Å². The quantitative estimate of drug-likeness (QED) is 0.405. The second-order valence-corrected chi connectivity index (χ2v) is 7.63. The van der Waals surface area contributed by atoms with Crippen LogP contribution >= 0.6 is 0 Å². The van der Waals surface area contributed by atoms with Crippen LogP contribution in [0.1, 0.15) is 21.5 Å². The minimum Gasteiger partial charge on any atom is -0.273 e. The molecule has 0 fully saturated rings. The summed E-state index contributed by atoms with van der Waals surface area (Å²) in [6, 6.07) is 19.5. The van der Waals surface area contributed by atoms with Crippen LogP contribution in [0.5, 0.6) is 0 Å². The first-order valence-electron chi connectivity index (χ1n) is 10.5. The third-order valence-corrected chi connectivity index (χ3v) is 5.39. The van der Waals surface area contributed by atoms with Crippen molar-refractivity contribution in [1.82, 2.24) is 30.4 Å². The van der Waals surface area contributed by atoms with Crippen molar-refractivity contribution in [2.24, 2.45) is 0 Å². The zero-order valence-corrected chi connectivity index (χ0v) is 18.0. The molecule has 1 radical (unpaired) electrons. The molecule has 33 heavy (non-hydrogen) atoms. The molecule has 1 amide bonds. The molecule has 3 aromatic heterocycles. The zero-order valence-electron chi connectivity index (χ0n) is 18.0. The first-order chi connectivity index (χ1) is 16.1. The van der Waals surface area contributed by atoms with Crippen LogP contribution in [0, 0.1) is 13.8 Å². The van der Waals surface area contributed by atoms with E-state index >= 15 is 0 Å². The number of carbonyl (C=O) groups is 1. The van der Waals surface area contributed by atoms with E-state index in [9.17, 15) is 4.79 Å². The van der Waals surface area contributed by atoms with E-state index < -0.39 is 0 Å². The predicted molar refractivity (Wildman–Crippen MR) is 125 cm³/mol. The highest BCUT2D eigenvalue weighted by atomic mass is 16.6. The van der Waals surface area contributed by atoms with Crippen molar-refractivity contribution in [1.29, 1.82) is 0 Å². The average Bonchev–Trinajstić information content (AvgIpc) is 3.24. The van der Waals surface area contributed by atoms with Gasteiger partial charge < -0.3 is 0 Å². The highest BCUT2D eigenvalue weighted by Gasteiger charge is 2.13. The van der Waals surface area contributed by atoms with Crippen LogP contribution < -0.4 is 5.48 Å². The number of hydrogen-bond donors (Lipinski definition) is 1. The van der Waals surface area contributed by atoms with Crippen LogP contribution in [0.15, 0.2) is 66.9 Å². The van der Waals surface area contributed by atoms with E-state index in [-0.39, 0.29) is 12.5 Å². The Bertz CT molecular complexity index is 1480. The SMILES string of the molecule is [CH2]CONC(=O)c1ccc(-c2ccc3nnn(Cc4ccc5ncccc5c4)c3n2)cc1C. The highest BCUT2D eigenvalue weighted by Crippen LogP contribution is 2.23. The Balaban J connectivity index is 1.45. The van der Waals surface area contributed by atoms with Crippen LogP contribution in [0.3, 0.4) is 0 Å². The first-order valence-corrected chi connectivity index (χ1v) is 10.5. The number of nitrogens with zero attached hydrogens (tertiary/aromatic N) is 5. The van der Waals surface area contributed by atoms with Crippen molar-refractivity contribution >= 4 is 28.0 Å². The molecule has 0 saturated heterocycles. The number of rotatable bonds is 6. The maximum Gasteiger partial charge on any atom is 0.275 e. The van der Waals surface area contributed by atoms with Crippen molar-refractivity contribution in [2.45, 2.75) is 13.5 Å². The fraction of sp³-hybridized carbons (Fsp3) is 0.120. The molecule has 0 aliphatic heterocycles. The second-order valence-electron chi connectivity index (χ2n) is 7.63. The van der Waals surface area contributed by atoms with Gasteiger partial charge >= 0.3 is 0 Å². The first kappa shape index (κ1) is 20.7. The van der Waals surface area contributed by atoms with Crippen LogP contribution in [0.2, 0.25) is 0 Å². The van der Waals surface area contributed by atoms with Crippen LogP contribution in [0.25, 0.3) is 33.3 Å². The lowest BCUT2D eigenvalue weighted by atomic mass is 10.0. The van der Waals surface area contributed by atoms with Gasteiger partial charge in [0.2, 0.25) is 0 Å². The van der Waals surface area contributed by atoms with Gasteiger partial charge in [0.1, 0.15) is 5.52 Å². The van der Waals surface area contributed by atoms with Crippen molar-refractivity contribution in [2.75, 3.05) is 6.61 Å². The van der Waals surface area contributed by atoms with Crippen LogP contribution in [0.4, 0.5) is 0 Å². The Kier molecular flexibility index (Phi) is 5.50. The molecule has 8 nitrogen and oxygen atoms in total. The lowest BCUT2D eigenvalue weighted by Gasteiger charge is -2.09. The summed E-state index contributed by atoms with van der Waals surface area (Å²) in [5, 5.41) is 9.64. The normalized spacial score (nSPS) is 11.2. The van der Waals surface area contributed by atoms with Gasteiger partial charge in [0, 0.05) is 22.7 Å². The minimum atomic E-state index is -0.307. The van der Waals surface area contributed by atoms with Gasteiger partial charge in [-0.1, -0.05) is 23.4 Å². The predicted octanol–water partition coefficient (Wildman–Crippen LogP) is 3.89. The van der Waals surface area contributed by atoms with Gasteiger partial charge in [-0.25, -0.2) is 15.1 Å². The topological polar surface area (TPSA) is 94.8 Å². The summed E-state index contributed by atoms with van der Waals surface area (Å²) in [6.07, 6.45) is 1.79. The Hall–Kier alpha value is -4.17. The summed E-state index contributed by atoms with van der Waals surface area (Å²) in [6.45, 7) is 6.11. The number of hydrogen-bond acceptors (Lipinski definition) is 6. The van der Waals surface area contributed by atoms with E-state index in [2.05, 4.69) is 33.8 Å². The number of carbonyl (C=O) groups excluding carboxylic acids is 1. The average molecular weight is 437 g/mol. The molecule has 2 aromatic carbocycles. The standard InChI is InChI=1S/C25H21N6O2/c1-3-33-29-25(32)20-8-7-19(13-16(20)2)22-10-11-23-24(27-22)31(30-28-23)15-17-6-9-21-18(14-17)5-4-12-26-21/h4-14H,1,3,15H2,2H3,(H,29,32). The summed E-state index contributed by atoms with van der Waals surface area (Å²) in [5.74, 6) is -0.307. The Morgan fingerprint density at radius 3 is 2.82 bits per heavy atom. The number of aryl methyl sites for hydroxylation is 1. The molecule has 0 unspecified atom stereocenters. The lowest BCUT2D eigenvalue weighted by Crippen LogP contribution is -2.24. The lowest BCUT2D eigenvalue weighted by molar-refractivity contribution is 0.0415. The number of amides is 1. The molecular formula is C25H21N6O2. The molecule has 5 rings (SSSR count). The minimum absolute atomic E-state index is 0.157. The smallest absolute Gasteiger partial charge is 0.273 e. The number of hydroxylamine groups is 1. The summed E-state index contributed by atoms with van der Waals surface area (Å²) >= 11 is 0. The summed E-state index contributed by atoms with van der Waals surface area (Å²) in [7, 11) is 0. The fourth-order valence-corrected chi connectivity index (χ4v) is 3.77. The molecule has 1 N–H and O–H groups in total. The van der Waals surface area contributed by atoms with Gasteiger partial charge in [-0.15, -0.1) is 5.10 Å². The van der Waals surface area contributed by atoms with Crippen molar-refractivity contribution in [3.63, 3.8) is 0 Å². The molecule has 0 atom stereocenters.